The smallest absolute Gasteiger partial charge is 0.264 e. The van der Waals surface area contributed by atoms with Crippen molar-refractivity contribution in [1.82, 2.24) is 5.32 Å². The first-order valence-electron chi connectivity index (χ1n) is 11.9. The molecule has 182 valence electrons. The summed E-state index contributed by atoms with van der Waals surface area (Å²) in [6.07, 6.45) is 6.87. The zero-order chi connectivity index (χ0) is 23.9. The van der Waals surface area contributed by atoms with E-state index in [2.05, 4.69) is 5.32 Å². The van der Waals surface area contributed by atoms with Crippen LogP contribution in [-0.4, -0.2) is 40.6 Å². The van der Waals surface area contributed by atoms with Crippen molar-refractivity contribution in [3.8, 4) is 11.5 Å². The third-order valence-electron chi connectivity index (χ3n) is 7.72. The van der Waals surface area contributed by atoms with Crippen LogP contribution in [0, 0.1) is 17.8 Å². The van der Waals surface area contributed by atoms with E-state index in [0.717, 1.165) is 19.3 Å². The van der Waals surface area contributed by atoms with Crippen LogP contribution < -0.4 is 19.1 Å². The summed E-state index contributed by atoms with van der Waals surface area (Å²) in [6.45, 7) is -0.275. The molecule has 0 spiro atoms. The van der Waals surface area contributed by atoms with Crippen LogP contribution in [0.25, 0.3) is 0 Å². The number of ether oxygens (including phenoxy) is 2. The average molecular weight is 485 g/mol. The highest BCUT2D eigenvalue weighted by Crippen LogP contribution is 2.55. The molecule has 0 atom stereocenters. The van der Waals surface area contributed by atoms with Gasteiger partial charge in [0.25, 0.3) is 10.0 Å². The second kappa shape index (κ2) is 8.80. The molecule has 0 aromatic heterocycles. The lowest BCUT2D eigenvalue weighted by Crippen LogP contribution is -2.61. The molecule has 2 aromatic carbocycles. The highest BCUT2D eigenvalue weighted by molar-refractivity contribution is 7.92. The molecule has 34 heavy (non-hydrogen) atoms. The molecule has 4 aliphatic carbocycles. The minimum Gasteiger partial charge on any atom is -0.493 e. The second-order valence-electron chi connectivity index (χ2n) is 10.1. The quantitative estimate of drug-likeness (QED) is 0.613. The largest absolute Gasteiger partial charge is 0.493 e. The molecular formula is C26H32N2O5S. The molecule has 1 amide bonds. The van der Waals surface area contributed by atoms with Crippen molar-refractivity contribution in [2.45, 2.75) is 49.0 Å². The Bertz CT molecular complexity index is 1130. The lowest BCUT2D eigenvalue weighted by molar-refractivity contribution is -0.125. The topological polar surface area (TPSA) is 84.9 Å². The third kappa shape index (κ3) is 4.24. The van der Waals surface area contributed by atoms with Gasteiger partial charge in [0, 0.05) is 11.6 Å². The summed E-state index contributed by atoms with van der Waals surface area (Å²) in [7, 11) is -1.08. The third-order valence-corrected chi connectivity index (χ3v) is 9.49. The van der Waals surface area contributed by atoms with E-state index in [4.69, 9.17) is 9.47 Å². The SMILES string of the molecule is COc1ccc(S(=O)(=O)N(CC(=O)NC23CC4CC(CC(C4)C2)C3)c2ccccc2)cc1OC. The zero-order valence-electron chi connectivity index (χ0n) is 19.7. The van der Waals surface area contributed by atoms with Crippen LogP contribution in [-0.2, 0) is 14.8 Å². The molecule has 0 radical (unpaired) electrons. The van der Waals surface area contributed by atoms with Gasteiger partial charge >= 0.3 is 0 Å². The molecule has 4 fully saturated rings. The fraction of sp³-hybridized carbons (Fsp3) is 0.500. The van der Waals surface area contributed by atoms with Crippen molar-refractivity contribution in [2.24, 2.45) is 17.8 Å². The van der Waals surface area contributed by atoms with Crippen LogP contribution in [0.5, 0.6) is 11.5 Å². The first-order chi connectivity index (χ1) is 16.3. The number of anilines is 1. The summed E-state index contributed by atoms with van der Waals surface area (Å²) in [6, 6.07) is 13.2. The van der Waals surface area contributed by atoms with E-state index in [9.17, 15) is 13.2 Å². The lowest BCUT2D eigenvalue weighted by Gasteiger charge is -2.57. The number of sulfonamides is 1. The highest BCUT2D eigenvalue weighted by Gasteiger charge is 2.51. The number of nitrogens with one attached hydrogen (secondary N) is 1. The monoisotopic (exact) mass is 484 g/mol. The Morgan fingerprint density at radius 3 is 2.09 bits per heavy atom. The Kier molecular flexibility index (Phi) is 5.96. The molecule has 6 rings (SSSR count). The molecule has 4 saturated carbocycles. The molecule has 0 saturated heterocycles. The Morgan fingerprint density at radius 1 is 0.941 bits per heavy atom. The Morgan fingerprint density at radius 2 is 1.53 bits per heavy atom. The van der Waals surface area contributed by atoms with Crippen molar-refractivity contribution < 1.29 is 22.7 Å². The lowest BCUT2D eigenvalue weighted by atomic mass is 9.53. The predicted octanol–water partition coefficient (Wildman–Crippen LogP) is 3.98. The van der Waals surface area contributed by atoms with Crippen molar-refractivity contribution in [1.29, 1.82) is 0 Å². The number of hydrogen-bond donors (Lipinski definition) is 1. The van der Waals surface area contributed by atoms with E-state index in [1.807, 2.05) is 6.07 Å². The Hall–Kier alpha value is -2.74. The van der Waals surface area contributed by atoms with Gasteiger partial charge in [-0.3, -0.25) is 9.10 Å². The van der Waals surface area contributed by atoms with Gasteiger partial charge in [0.2, 0.25) is 5.91 Å². The molecule has 0 unspecified atom stereocenters. The number of carbonyl (C=O) groups excluding carboxylic acids is 1. The molecular weight excluding hydrogens is 452 g/mol. The van der Waals surface area contributed by atoms with Gasteiger partial charge in [0.1, 0.15) is 6.54 Å². The fourth-order valence-corrected chi connectivity index (χ4v) is 8.18. The van der Waals surface area contributed by atoms with Crippen molar-refractivity contribution in [3.63, 3.8) is 0 Å². The van der Waals surface area contributed by atoms with E-state index in [1.165, 1.54) is 49.9 Å². The standard InChI is InChI=1S/C26H32N2O5S/c1-32-23-9-8-22(13-24(23)33-2)34(30,31)28(21-6-4-3-5-7-21)17-25(29)27-26-14-18-10-19(15-26)12-20(11-18)16-26/h3-9,13,18-20H,10-12,14-17H2,1-2H3,(H,27,29). The number of nitrogens with zero attached hydrogens (tertiary/aromatic N) is 1. The molecule has 1 N–H and O–H groups in total. The maximum atomic E-state index is 13.7. The van der Waals surface area contributed by atoms with E-state index in [0.29, 0.717) is 34.9 Å². The number of methoxy groups -OCH3 is 2. The molecule has 4 aliphatic rings. The predicted molar refractivity (Wildman–Crippen MR) is 130 cm³/mol. The molecule has 8 heteroatoms. The van der Waals surface area contributed by atoms with Gasteiger partial charge in [-0.25, -0.2) is 8.42 Å². The number of para-hydroxylation sites is 1. The minimum absolute atomic E-state index is 0.0385. The van der Waals surface area contributed by atoms with Crippen LogP contribution in [0.15, 0.2) is 53.4 Å². The van der Waals surface area contributed by atoms with E-state index < -0.39 is 10.0 Å². The van der Waals surface area contributed by atoms with Gasteiger partial charge in [-0.1, -0.05) is 18.2 Å². The van der Waals surface area contributed by atoms with Crippen LogP contribution in [0.1, 0.15) is 38.5 Å². The number of carbonyl (C=O) groups is 1. The number of amides is 1. The van der Waals surface area contributed by atoms with Gasteiger partial charge in [-0.15, -0.1) is 0 Å². The van der Waals surface area contributed by atoms with Crippen molar-refractivity contribution >= 4 is 21.6 Å². The van der Waals surface area contributed by atoms with E-state index in [1.54, 1.807) is 30.3 Å². The normalized spacial score (nSPS) is 27.3. The van der Waals surface area contributed by atoms with Crippen LogP contribution in [0.2, 0.25) is 0 Å². The summed E-state index contributed by atoms with van der Waals surface area (Å²) in [5.74, 6) is 2.56. The fourth-order valence-electron chi connectivity index (χ4n) is 6.74. The van der Waals surface area contributed by atoms with Gasteiger partial charge in [0.15, 0.2) is 11.5 Å². The Labute approximate surface area is 201 Å². The second-order valence-corrected chi connectivity index (χ2v) is 12.0. The molecule has 0 aliphatic heterocycles. The average Bonchev–Trinajstić information content (AvgIpc) is 2.81. The Balaban J connectivity index is 1.42. The van der Waals surface area contributed by atoms with Crippen LogP contribution in [0.3, 0.4) is 0 Å². The highest BCUT2D eigenvalue weighted by atomic mass is 32.2. The van der Waals surface area contributed by atoms with E-state index >= 15 is 0 Å². The van der Waals surface area contributed by atoms with Gasteiger partial charge in [0.05, 0.1) is 24.8 Å². The summed E-state index contributed by atoms with van der Waals surface area (Å²) in [5.41, 5.74) is 0.263. The number of benzene rings is 2. The molecule has 0 heterocycles. The molecule has 7 nitrogen and oxygen atoms in total. The maximum Gasteiger partial charge on any atom is 0.264 e. The van der Waals surface area contributed by atoms with Crippen molar-refractivity contribution in [3.05, 3.63) is 48.5 Å². The maximum absolute atomic E-state index is 13.7. The summed E-state index contributed by atoms with van der Waals surface area (Å²) < 4.78 is 39.2. The van der Waals surface area contributed by atoms with Gasteiger partial charge in [-0.2, -0.15) is 0 Å². The molecule has 2 aromatic rings. The zero-order valence-corrected chi connectivity index (χ0v) is 20.5. The van der Waals surface area contributed by atoms with E-state index in [-0.39, 0.29) is 22.9 Å². The first-order valence-corrected chi connectivity index (χ1v) is 13.4. The number of hydrogen-bond acceptors (Lipinski definition) is 5. The minimum atomic E-state index is -4.04. The summed E-state index contributed by atoms with van der Waals surface area (Å²) in [4.78, 5) is 13.4. The molecule has 4 bridgehead atoms. The first kappa shape index (κ1) is 23.0. The van der Waals surface area contributed by atoms with Crippen molar-refractivity contribution in [2.75, 3.05) is 25.1 Å². The number of rotatable bonds is 8. The van der Waals surface area contributed by atoms with Crippen LogP contribution >= 0.6 is 0 Å². The van der Waals surface area contributed by atoms with Gasteiger partial charge < -0.3 is 14.8 Å². The van der Waals surface area contributed by atoms with Crippen LogP contribution in [0.4, 0.5) is 5.69 Å². The summed E-state index contributed by atoms with van der Waals surface area (Å²) >= 11 is 0. The summed E-state index contributed by atoms with van der Waals surface area (Å²) in [5, 5.41) is 3.30. The van der Waals surface area contributed by atoms with Gasteiger partial charge in [-0.05, 0) is 80.5 Å².